The number of carbonyl (C=O) groups is 1. The van der Waals surface area contributed by atoms with Gasteiger partial charge in [-0.15, -0.1) is 0 Å². The molecule has 1 saturated heterocycles. The number of halogens is 1. The van der Waals surface area contributed by atoms with Gasteiger partial charge in [0.1, 0.15) is 12.0 Å². The zero-order valence-corrected chi connectivity index (χ0v) is 12.9. The Kier molecular flexibility index (Phi) is 5.05. The van der Waals surface area contributed by atoms with Crippen molar-refractivity contribution in [1.82, 2.24) is 10.2 Å². The Labute approximate surface area is 123 Å². The number of nitrogens with zero attached hydrogens (tertiary/aromatic N) is 1. The van der Waals surface area contributed by atoms with Crippen LogP contribution in [0.3, 0.4) is 0 Å². The molecule has 3 atom stereocenters. The van der Waals surface area contributed by atoms with E-state index in [1.807, 2.05) is 11.8 Å². The quantitative estimate of drug-likeness (QED) is 0.907. The van der Waals surface area contributed by atoms with Crippen molar-refractivity contribution in [3.05, 3.63) is 35.6 Å². The number of rotatable bonds is 5. The van der Waals surface area contributed by atoms with E-state index in [-0.39, 0.29) is 23.9 Å². The average Bonchev–Trinajstić information content (AvgIpc) is 2.73. The first kappa shape index (κ1) is 15.3. The first-order chi connectivity index (χ1) is 9.52. The van der Waals surface area contributed by atoms with Crippen molar-refractivity contribution in [2.24, 2.45) is 0 Å². The number of benzene rings is 1. The second-order valence-corrected chi connectivity index (χ2v) is 6.49. The highest BCUT2D eigenvalue weighted by Crippen LogP contribution is 2.26. The molecule has 1 fully saturated rings. The molecule has 0 saturated carbocycles. The molecule has 0 radical (unpaired) electrons. The maximum absolute atomic E-state index is 13.0. The molecule has 1 aliphatic heterocycles. The van der Waals surface area contributed by atoms with E-state index in [4.69, 9.17) is 0 Å². The molecule has 110 valence electrons. The topological polar surface area (TPSA) is 32.3 Å². The molecular weight excluding hydrogens is 275 g/mol. The van der Waals surface area contributed by atoms with E-state index >= 15 is 0 Å². The summed E-state index contributed by atoms with van der Waals surface area (Å²) in [5.41, 5.74) is 0.931. The second-order valence-electron chi connectivity index (χ2n) is 5.21. The number of thioether (sulfide) groups is 1. The minimum Gasteiger partial charge on any atom is -0.322 e. The molecule has 0 aliphatic carbocycles. The summed E-state index contributed by atoms with van der Waals surface area (Å²) in [5, 5.41) is 3.80. The SMILES string of the molecule is CSC(C)CCN1C(=O)C(C)NC1c1ccc(F)cc1. The average molecular weight is 296 g/mol. The Morgan fingerprint density at radius 1 is 1.40 bits per heavy atom. The highest BCUT2D eigenvalue weighted by Gasteiger charge is 2.36. The van der Waals surface area contributed by atoms with Crippen molar-refractivity contribution < 1.29 is 9.18 Å². The number of hydrogen-bond donors (Lipinski definition) is 1. The Morgan fingerprint density at radius 3 is 2.65 bits per heavy atom. The summed E-state index contributed by atoms with van der Waals surface area (Å²) in [6.45, 7) is 4.76. The standard InChI is InChI=1S/C15H21FN2OS/c1-10(20-3)8-9-18-14(17-11(2)15(18)19)12-4-6-13(16)7-5-12/h4-7,10-11,14,17H,8-9H2,1-3H3. The fraction of sp³-hybridized carbons (Fsp3) is 0.533. The smallest absolute Gasteiger partial charge is 0.241 e. The van der Waals surface area contributed by atoms with Crippen molar-refractivity contribution in [2.75, 3.05) is 12.8 Å². The van der Waals surface area contributed by atoms with E-state index in [2.05, 4.69) is 18.5 Å². The molecule has 0 aromatic heterocycles. The molecule has 1 N–H and O–H groups in total. The third kappa shape index (κ3) is 3.33. The number of nitrogens with one attached hydrogen (secondary N) is 1. The predicted octanol–water partition coefficient (Wildman–Crippen LogP) is 2.79. The van der Waals surface area contributed by atoms with Crippen molar-refractivity contribution in [3.8, 4) is 0 Å². The van der Waals surface area contributed by atoms with Gasteiger partial charge in [0.15, 0.2) is 0 Å². The van der Waals surface area contributed by atoms with E-state index < -0.39 is 0 Å². The zero-order chi connectivity index (χ0) is 14.7. The van der Waals surface area contributed by atoms with Gasteiger partial charge in [-0.3, -0.25) is 10.1 Å². The van der Waals surface area contributed by atoms with Crippen LogP contribution in [0, 0.1) is 5.82 Å². The number of carbonyl (C=O) groups excluding carboxylic acids is 1. The molecule has 1 aromatic rings. The van der Waals surface area contributed by atoms with Crippen LogP contribution in [0.25, 0.3) is 0 Å². The summed E-state index contributed by atoms with van der Waals surface area (Å²) >= 11 is 1.80. The molecule has 5 heteroatoms. The second kappa shape index (κ2) is 6.59. The Balaban J connectivity index is 2.13. The summed E-state index contributed by atoms with van der Waals surface area (Å²) < 4.78 is 13.0. The van der Waals surface area contributed by atoms with Crippen LogP contribution < -0.4 is 5.32 Å². The maximum Gasteiger partial charge on any atom is 0.241 e. The lowest BCUT2D eigenvalue weighted by Crippen LogP contribution is -2.32. The molecule has 1 aliphatic rings. The number of amides is 1. The fourth-order valence-electron chi connectivity index (χ4n) is 2.37. The van der Waals surface area contributed by atoms with Gasteiger partial charge >= 0.3 is 0 Å². The molecular formula is C15H21FN2OS. The normalized spacial score (nSPS) is 24.2. The highest BCUT2D eigenvalue weighted by molar-refractivity contribution is 7.99. The van der Waals surface area contributed by atoms with Crippen molar-refractivity contribution in [1.29, 1.82) is 0 Å². The molecule has 1 heterocycles. The lowest BCUT2D eigenvalue weighted by Gasteiger charge is -2.25. The lowest BCUT2D eigenvalue weighted by atomic mass is 10.1. The summed E-state index contributed by atoms with van der Waals surface area (Å²) in [4.78, 5) is 14.1. The first-order valence-electron chi connectivity index (χ1n) is 6.87. The summed E-state index contributed by atoms with van der Waals surface area (Å²) in [6.07, 6.45) is 2.89. The molecule has 1 aromatic carbocycles. The molecule has 3 unspecified atom stereocenters. The minimum atomic E-state index is -0.256. The number of hydrogen-bond acceptors (Lipinski definition) is 3. The summed E-state index contributed by atoms with van der Waals surface area (Å²) in [7, 11) is 0. The van der Waals surface area contributed by atoms with Gasteiger partial charge < -0.3 is 4.90 Å². The minimum absolute atomic E-state index is 0.118. The van der Waals surface area contributed by atoms with E-state index in [1.165, 1.54) is 12.1 Å². The summed E-state index contributed by atoms with van der Waals surface area (Å²) in [5.74, 6) is -0.138. The van der Waals surface area contributed by atoms with Crippen molar-refractivity contribution >= 4 is 17.7 Å². The molecule has 3 nitrogen and oxygen atoms in total. The summed E-state index contributed by atoms with van der Waals surface area (Å²) in [6, 6.07) is 6.17. The van der Waals surface area contributed by atoms with Crippen LogP contribution in [0.15, 0.2) is 24.3 Å². The first-order valence-corrected chi connectivity index (χ1v) is 8.16. The van der Waals surface area contributed by atoms with Crippen LogP contribution in [0.5, 0.6) is 0 Å². The lowest BCUT2D eigenvalue weighted by molar-refractivity contribution is -0.129. The van der Waals surface area contributed by atoms with Crippen LogP contribution in [-0.4, -0.2) is 34.9 Å². The molecule has 0 bridgehead atoms. The Bertz CT molecular complexity index is 465. The molecule has 1 amide bonds. The largest absolute Gasteiger partial charge is 0.322 e. The van der Waals surface area contributed by atoms with Crippen LogP contribution in [-0.2, 0) is 4.79 Å². The fourth-order valence-corrected chi connectivity index (χ4v) is 2.71. The highest BCUT2D eigenvalue weighted by atomic mass is 32.2. The molecule has 0 spiro atoms. The van der Waals surface area contributed by atoms with Crippen LogP contribution in [0.1, 0.15) is 32.0 Å². The van der Waals surface area contributed by atoms with Gasteiger partial charge in [-0.2, -0.15) is 11.8 Å². The van der Waals surface area contributed by atoms with E-state index in [0.29, 0.717) is 5.25 Å². The van der Waals surface area contributed by atoms with Gasteiger partial charge in [-0.25, -0.2) is 4.39 Å². The third-order valence-corrected chi connectivity index (χ3v) is 4.78. The molecule has 2 rings (SSSR count). The van der Waals surface area contributed by atoms with Crippen LogP contribution in [0.4, 0.5) is 4.39 Å². The third-order valence-electron chi connectivity index (χ3n) is 3.74. The predicted molar refractivity (Wildman–Crippen MR) is 81.0 cm³/mol. The zero-order valence-electron chi connectivity index (χ0n) is 12.1. The van der Waals surface area contributed by atoms with Crippen molar-refractivity contribution in [3.63, 3.8) is 0 Å². The van der Waals surface area contributed by atoms with Gasteiger partial charge in [-0.05, 0) is 37.3 Å². The Hall–Kier alpha value is -1.07. The van der Waals surface area contributed by atoms with Crippen molar-refractivity contribution in [2.45, 2.75) is 37.7 Å². The van der Waals surface area contributed by atoms with E-state index in [0.717, 1.165) is 18.5 Å². The van der Waals surface area contributed by atoms with Gasteiger partial charge in [0.2, 0.25) is 5.91 Å². The van der Waals surface area contributed by atoms with Gasteiger partial charge in [-0.1, -0.05) is 19.1 Å². The van der Waals surface area contributed by atoms with E-state index in [9.17, 15) is 9.18 Å². The maximum atomic E-state index is 13.0. The van der Waals surface area contributed by atoms with Gasteiger partial charge in [0, 0.05) is 11.8 Å². The Morgan fingerprint density at radius 2 is 2.05 bits per heavy atom. The van der Waals surface area contributed by atoms with Gasteiger partial charge in [0.05, 0.1) is 6.04 Å². The van der Waals surface area contributed by atoms with Gasteiger partial charge in [0.25, 0.3) is 0 Å². The van der Waals surface area contributed by atoms with Crippen LogP contribution >= 0.6 is 11.8 Å². The van der Waals surface area contributed by atoms with Crippen LogP contribution in [0.2, 0.25) is 0 Å². The molecule has 20 heavy (non-hydrogen) atoms. The van der Waals surface area contributed by atoms with E-state index in [1.54, 1.807) is 23.9 Å². The monoisotopic (exact) mass is 296 g/mol.